The van der Waals surface area contributed by atoms with Crippen LogP contribution in [-0.4, -0.2) is 26.0 Å². The predicted molar refractivity (Wildman–Crippen MR) is 124 cm³/mol. The van der Waals surface area contributed by atoms with Crippen LogP contribution in [0.15, 0.2) is 83.0 Å². The van der Waals surface area contributed by atoms with Gasteiger partial charge in [0.2, 0.25) is 0 Å². The Labute approximate surface area is 189 Å². The fourth-order valence-corrected chi connectivity index (χ4v) is 3.05. The molecular weight excluding hydrogens is 460 g/mol. The molecule has 0 aromatic heterocycles. The van der Waals surface area contributed by atoms with Crippen LogP contribution in [-0.2, 0) is 4.79 Å². The van der Waals surface area contributed by atoms with Gasteiger partial charge >= 0.3 is 0 Å². The van der Waals surface area contributed by atoms with Crippen LogP contribution in [0.3, 0.4) is 0 Å². The van der Waals surface area contributed by atoms with Gasteiger partial charge in [-0.15, -0.1) is 0 Å². The van der Waals surface area contributed by atoms with Gasteiger partial charge < -0.3 is 20.1 Å². The van der Waals surface area contributed by atoms with E-state index in [2.05, 4.69) is 26.6 Å². The minimum atomic E-state index is -0.457. The second-order valence-corrected chi connectivity index (χ2v) is 7.37. The maximum Gasteiger partial charge on any atom is 0.272 e. The quantitative estimate of drug-likeness (QED) is 0.472. The Morgan fingerprint density at radius 2 is 1.55 bits per heavy atom. The van der Waals surface area contributed by atoms with Crippen LogP contribution in [0, 0.1) is 0 Å². The molecule has 0 atom stereocenters. The molecule has 0 bridgehead atoms. The monoisotopic (exact) mass is 480 g/mol. The van der Waals surface area contributed by atoms with E-state index < -0.39 is 11.8 Å². The topological polar surface area (TPSA) is 76.7 Å². The van der Waals surface area contributed by atoms with Gasteiger partial charge in [0.1, 0.15) is 5.70 Å². The summed E-state index contributed by atoms with van der Waals surface area (Å²) in [5.74, 6) is 0.229. The second-order valence-electron chi connectivity index (χ2n) is 6.45. The summed E-state index contributed by atoms with van der Waals surface area (Å²) >= 11 is 3.37. The molecule has 0 unspecified atom stereocenters. The molecule has 0 radical (unpaired) electrons. The third kappa shape index (κ3) is 5.96. The lowest BCUT2D eigenvalue weighted by Crippen LogP contribution is -2.30. The van der Waals surface area contributed by atoms with E-state index in [4.69, 9.17) is 9.47 Å². The molecule has 0 saturated heterocycles. The average molecular weight is 481 g/mol. The van der Waals surface area contributed by atoms with Crippen molar-refractivity contribution in [2.45, 2.75) is 0 Å². The highest BCUT2D eigenvalue weighted by Gasteiger charge is 2.15. The van der Waals surface area contributed by atoms with E-state index in [0.717, 1.165) is 4.47 Å². The lowest BCUT2D eigenvalue weighted by molar-refractivity contribution is -0.113. The molecule has 3 rings (SSSR count). The number of hydrogen-bond acceptors (Lipinski definition) is 4. The number of ether oxygens (including phenoxy) is 2. The van der Waals surface area contributed by atoms with Crippen LogP contribution in [0.25, 0.3) is 6.08 Å². The lowest BCUT2D eigenvalue weighted by atomic mass is 10.1. The molecule has 0 aliphatic carbocycles. The first kappa shape index (κ1) is 22.1. The molecule has 2 N–H and O–H groups in total. The Morgan fingerprint density at radius 3 is 2.19 bits per heavy atom. The summed E-state index contributed by atoms with van der Waals surface area (Å²) in [6, 6.07) is 21.1. The summed E-state index contributed by atoms with van der Waals surface area (Å²) in [5.41, 5.74) is 1.79. The zero-order chi connectivity index (χ0) is 22.2. The molecule has 6 nitrogen and oxygen atoms in total. The first-order chi connectivity index (χ1) is 15.0. The number of nitrogens with one attached hydrogen (secondary N) is 2. The van der Waals surface area contributed by atoms with Crippen LogP contribution in [0.2, 0.25) is 0 Å². The van der Waals surface area contributed by atoms with Crippen LogP contribution in [0.5, 0.6) is 11.5 Å². The van der Waals surface area contributed by atoms with Crippen molar-refractivity contribution in [1.29, 1.82) is 0 Å². The predicted octanol–water partition coefficient (Wildman–Crippen LogP) is 4.88. The highest BCUT2D eigenvalue weighted by atomic mass is 79.9. The molecule has 0 fully saturated rings. The van der Waals surface area contributed by atoms with Crippen LogP contribution < -0.4 is 20.1 Å². The Balaban J connectivity index is 1.92. The number of hydrogen-bond donors (Lipinski definition) is 2. The summed E-state index contributed by atoms with van der Waals surface area (Å²) in [6.45, 7) is 0. The molecule has 3 aromatic rings. The Bertz CT molecular complexity index is 1100. The molecule has 0 aliphatic heterocycles. The number of rotatable bonds is 7. The van der Waals surface area contributed by atoms with Gasteiger partial charge in [0.05, 0.1) is 14.2 Å². The van der Waals surface area contributed by atoms with Gasteiger partial charge in [0.25, 0.3) is 11.8 Å². The normalized spacial score (nSPS) is 10.9. The Morgan fingerprint density at radius 1 is 0.871 bits per heavy atom. The number of methoxy groups -OCH3 is 2. The molecular formula is C24H21BrN2O4. The van der Waals surface area contributed by atoms with Crippen molar-refractivity contribution in [2.24, 2.45) is 0 Å². The van der Waals surface area contributed by atoms with E-state index in [1.54, 1.807) is 67.8 Å². The van der Waals surface area contributed by atoms with E-state index in [-0.39, 0.29) is 5.70 Å². The second kappa shape index (κ2) is 10.4. The zero-order valence-corrected chi connectivity index (χ0v) is 18.6. The third-order valence-electron chi connectivity index (χ3n) is 4.35. The Hall–Kier alpha value is -3.58. The molecule has 158 valence electrons. The fourth-order valence-electron chi connectivity index (χ4n) is 2.78. The van der Waals surface area contributed by atoms with Crippen molar-refractivity contribution in [2.75, 3.05) is 19.5 Å². The van der Waals surface area contributed by atoms with Crippen molar-refractivity contribution in [3.8, 4) is 11.5 Å². The standard InChI is InChI=1S/C24H21BrN2O4/c1-30-21-13-8-16(15-22(21)31-2)14-20(27-23(28)17-6-4-3-5-7-17)24(29)26-19-11-9-18(25)10-12-19/h3-15H,1-2H3,(H,26,29)(H,27,28). The number of carbonyl (C=O) groups excluding carboxylic acids is 2. The van der Waals surface area contributed by atoms with Gasteiger partial charge in [0.15, 0.2) is 11.5 Å². The van der Waals surface area contributed by atoms with Gasteiger partial charge in [-0.2, -0.15) is 0 Å². The number of halogens is 1. The minimum Gasteiger partial charge on any atom is -0.493 e. The Kier molecular flexibility index (Phi) is 7.45. The molecule has 0 spiro atoms. The average Bonchev–Trinajstić information content (AvgIpc) is 2.80. The van der Waals surface area contributed by atoms with Crippen LogP contribution >= 0.6 is 15.9 Å². The highest BCUT2D eigenvalue weighted by molar-refractivity contribution is 9.10. The number of anilines is 1. The summed E-state index contributed by atoms with van der Waals surface area (Å²) in [4.78, 5) is 25.7. The maximum atomic E-state index is 13.0. The minimum absolute atomic E-state index is 0.0870. The van der Waals surface area contributed by atoms with E-state index in [1.165, 1.54) is 7.11 Å². The van der Waals surface area contributed by atoms with E-state index in [1.807, 2.05) is 18.2 Å². The van der Waals surface area contributed by atoms with Gasteiger partial charge in [-0.25, -0.2) is 0 Å². The van der Waals surface area contributed by atoms with Crippen molar-refractivity contribution in [3.63, 3.8) is 0 Å². The third-order valence-corrected chi connectivity index (χ3v) is 4.88. The molecule has 0 aliphatic rings. The first-order valence-electron chi connectivity index (χ1n) is 9.37. The smallest absolute Gasteiger partial charge is 0.272 e. The number of benzene rings is 3. The summed E-state index contributed by atoms with van der Waals surface area (Å²) < 4.78 is 11.5. The van der Waals surface area contributed by atoms with Gasteiger partial charge in [0, 0.05) is 15.7 Å². The summed E-state index contributed by atoms with van der Waals surface area (Å²) in [6.07, 6.45) is 1.58. The van der Waals surface area contributed by atoms with E-state index >= 15 is 0 Å². The van der Waals surface area contributed by atoms with Crippen LogP contribution in [0.4, 0.5) is 5.69 Å². The number of carbonyl (C=O) groups is 2. The molecule has 31 heavy (non-hydrogen) atoms. The van der Waals surface area contributed by atoms with E-state index in [0.29, 0.717) is 28.3 Å². The zero-order valence-electron chi connectivity index (χ0n) is 17.0. The highest BCUT2D eigenvalue weighted by Crippen LogP contribution is 2.28. The van der Waals surface area contributed by atoms with Gasteiger partial charge in [-0.3, -0.25) is 9.59 Å². The fraction of sp³-hybridized carbons (Fsp3) is 0.0833. The van der Waals surface area contributed by atoms with Gasteiger partial charge in [-0.05, 0) is 60.2 Å². The van der Waals surface area contributed by atoms with Gasteiger partial charge in [-0.1, -0.05) is 40.2 Å². The molecule has 7 heteroatoms. The van der Waals surface area contributed by atoms with Crippen LogP contribution in [0.1, 0.15) is 15.9 Å². The SMILES string of the molecule is COc1ccc(C=C(NC(=O)c2ccccc2)C(=O)Nc2ccc(Br)cc2)cc1OC. The molecule has 0 heterocycles. The van der Waals surface area contributed by atoms with Crippen molar-refractivity contribution >= 4 is 39.5 Å². The summed E-state index contributed by atoms with van der Waals surface area (Å²) in [7, 11) is 3.08. The molecule has 3 aromatic carbocycles. The number of amides is 2. The van der Waals surface area contributed by atoms with E-state index in [9.17, 15) is 9.59 Å². The first-order valence-corrected chi connectivity index (χ1v) is 10.2. The summed E-state index contributed by atoms with van der Waals surface area (Å²) in [5, 5.41) is 5.51. The van der Waals surface area contributed by atoms with Crippen molar-refractivity contribution in [1.82, 2.24) is 5.32 Å². The lowest BCUT2D eigenvalue weighted by Gasteiger charge is -2.12. The van der Waals surface area contributed by atoms with Crippen molar-refractivity contribution < 1.29 is 19.1 Å². The maximum absolute atomic E-state index is 13.0. The molecule has 2 amide bonds. The molecule has 0 saturated carbocycles. The largest absolute Gasteiger partial charge is 0.493 e. The van der Waals surface area contributed by atoms with Crippen molar-refractivity contribution in [3.05, 3.63) is 94.1 Å².